The summed E-state index contributed by atoms with van der Waals surface area (Å²) in [6, 6.07) is 4.14. The molecule has 8 heteroatoms. The first-order valence-electron chi connectivity index (χ1n) is 8.17. The van der Waals surface area contributed by atoms with E-state index in [4.69, 9.17) is 4.52 Å². The standard InChI is InChI=1S/C16H23N5O2S/c1-12(16-18-13(2)19-23-16)21-7-5-20(6-8-21)11-15(22)17-10-14-4-3-9-24-14/h3-4,9,12H,5-8,10-11H2,1-2H3,(H,17,22)/t12-/m0/s1. The summed E-state index contributed by atoms with van der Waals surface area (Å²) < 4.78 is 5.26. The van der Waals surface area contributed by atoms with Gasteiger partial charge in [0.15, 0.2) is 5.82 Å². The van der Waals surface area contributed by atoms with Crippen LogP contribution < -0.4 is 5.32 Å². The Hall–Kier alpha value is -1.77. The summed E-state index contributed by atoms with van der Waals surface area (Å²) in [5.74, 6) is 1.41. The molecule has 130 valence electrons. The molecule has 24 heavy (non-hydrogen) atoms. The molecule has 0 radical (unpaired) electrons. The third-order valence-corrected chi connectivity index (χ3v) is 5.14. The Labute approximate surface area is 145 Å². The maximum Gasteiger partial charge on any atom is 0.243 e. The van der Waals surface area contributed by atoms with Gasteiger partial charge < -0.3 is 9.84 Å². The van der Waals surface area contributed by atoms with Crippen LogP contribution >= 0.6 is 11.3 Å². The highest BCUT2D eigenvalue weighted by Gasteiger charge is 2.26. The molecule has 1 atom stereocenters. The zero-order chi connectivity index (χ0) is 16.9. The van der Waals surface area contributed by atoms with Crippen molar-refractivity contribution in [1.82, 2.24) is 25.3 Å². The van der Waals surface area contributed by atoms with Gasteiger partial charge in [0.2, 0.25) is 11.8 Å². The van der Waals surface area contributed by atoms with Crippen LogP contribution in [0.5, 0.6) is 0 Å². The van der Waals surface area contributed by atoms with Crippen molar-refractivity contribution in [2.45, 2.75) is 26.4 Å². The highest BCUT2D eigenvalue weighted by Crippen LogP contribution is 2.19. The fourth-order valence-electron chi connectivity index (χ4n) is 2.81. The zero-order valence-electron chi connectivity index (χ0n) is 14.1. The lowest BCUT2D eigenvalue weighted by Crippen LogP contribution is -2.49. The predicted octanol–water partition coefficient (Wildman–Crippen LogP) is 1.43. The lowest BCUT2D eigenvalue weighted by molar-refractivity contribution is -0.122. The molecule has 2 aromatic heterocycles. The molecule has 1 fully saturated rings. The molecule has 0 aromatic carbocycles. The molecule has 0 bridgehead atoms. The number of nitrogens with one attached hydrogen (secondary N) is 1. The number of amides is 1. The topological polar surface area (TPSA) is 74.5 Å². The number of carbonyl (C=O) groups is 1. The van der Waals surface area contributed by atoms with E-state index in [2.05, 4.69) is 32.2 Å². The molecule has 0 spiro atoms. The molecular weight excluding hydrogens is 326 g/mol. The summed E-state index contributed by atoms with van der Waals surface area (Å²) in [7, 11) is 0. The van der Waals surface area contributed by atoms with Crippen molar-refractivity contribution < 1.29 is 9.32 Å². The third kappa shape index (κ3) is 4.40. The first-order chi connectivity index (χ1) is 11.6. The van der Waals surface area contributed by atoms with Crippen LogP contribution in [0.3, 0.4) is 0 Å². The van der Waals surface area contributed by atoms with Gasteiger partial charge in [0.05, 0.1) is 19.1 Å². The van der Waals surface area contributed by atoms with Gasteiger partial charge in [-0.05, 0) is 25.3 Å². The van der Waals surface area contributed by atoms with Crippen LogP contribution in [-0.4, -0.2) is 58.6 Å². The van der Waals surface area contributed by atoms with Gasteiger partial charge in [-0.2, -0.15) is 4.98 Å². The fraction of sp³-hybridized carbons (Fsp3) is 0.562. The van der Waals surface area contributed by atoms with Gasteiger partial charge in [0.25, 0.3) is 0 Å². The number of aromatic nitrogens is 2. The highest BCUT2D eigenvalue weighted by molar-refractivity contribution is 7.09. The Bertz CT molecular complexity index is 649. The zero-order valence-corrected chi connectivity index (χ0v) is 14.9. The molecule has 7 nitrogen and oxygen atoms in total. The largest absolute Gasteiger partial charge is 0.350 e. The molecule has 1 aliphatic rings. The summed E-state index contributed by atoms with van der Waals surface area (Å²) >= 11 is 1.66. The molecule has 3 rings (SSSR count). The van der Waals surface area contributed by atoms with Gasteiger partial charge in [-0.25, -0.2) is 0 Å². The van der Waals surface area contributed by atoms with E-state index in [1.54, 1.807) is 11.3 Å². The minimum Gasteiger partial charge on any atom is -0.350 e. The normalized spacial score (nSPS) is 17.8. The quantitative estimate of drug-likeness (QED) is 0.850. The summed E-state index contributed by atoms with van der Waals surface area (Å²) in [5, 5.41) is 8.85. The Balaban J connectivity index is 1.40. The smallest absolute Gasteiger partial charge is 0.243 e. The number of piperazine rings is 1. The van der Waals surface area contributed by atoms with Crippen molar-refractivity contribution >= 4 is 17.2 Å². The first-order valence-corrected chi connectivity index (χ1v) is 9.05. The van der Waals surface area contributed by atoms with E-state index in [0.29, 0.717) is 24.8 Å². The van der Waals surface area contributed by atoms with Crippen LogP contribution in [0.4, 0.5) is 0 Å². The van der Waals surface area contributed by atoms with Gasteiger partial charge in [0.1, 0.15) is 0 Å². The van der Waals surface area contributed by atoms with E-state index in [1.165, 1.54) is 4.88 Å². The molecule has 0 aliphatic carbocycles. The molecule has 1 aliphatic heterocycles. The lowest BCUT2D eigenvalue weighted by Gasteiger charge is -2.36. The molecule has 1 saturated heterocycles. The van der Waals surface area contributed by atoms with Crippen LogP contribution in [0.25, 0.3) is 0 Å². The van der Waals surface area contributed by atoms with Gasteiger partial charge in [-0.1, -0.05) is 11.2 Å². The minimum absolute atomic E-state index is 0.0809. The number of hydrogen-bond acceptors (Lipinski definition) is 7. The van der Waals surface area contributed by atoms with Crippen molar-refractivity contribution in [3.8, 4) is 0 Å². The van der Waals surface area contributed by atoms with E-state index in [0.717, 1.165) is 26.2 Å². The van der Waals surface area contributed by atoms with Crippen molar-refractivity contribution in [2.24, 2.45) is 0 Å². The molecule has 1 N–H and O–H groups in total. The number of rotatable bonds is 6. The number of carbonyl (C=O) groups excluding carboxylic acids is 1. The van der Waals surface area contributed by atoms with E-state index < -0.39 is 0 Å². The van der Waals surface area contributed by atoms with Crippen molar-refractivity contribution in [3.63, 3.8) is 0 Å². The van der Waals surface area contributed by atoms with Gasteiger partial charge in [0, 0.05) is 31.1 Å². The summed E-state index contributed by atoms with van der Waals surface area (Å²) in [5.41, 5.74) is 0. The fourth-order valence-corrected chi connectivity index (χ4v) is 3.45. The second-order valence-electron chi connectivity index (χ2n) is 6.02. The average Bonchev–Trinajstić information content (AvgIpc) is 3.24. The van der Waals surface area contributed by atoms with Crippen molar-refractivity contribution in [1.29, 1.82) is 0 Å². The van der Waals surface area contributed by atoms with Gasteiger partial charge in [-0.15, -0.1) is 11.3 Å². The Kier molecular flexibility index (Phi) is 5.60. The van der Waals surface area contributed by atoms with Crippen LogP contribution in [0.15, 0.2) is 22.0 Å². The summed E-state index contributed by atoms with van der Waals surface area (Å²) in [6.07, 6.45) is 0. The number of hydrogen-bond donors (Lipinski definition) is 1. The molecule has 0 saturated carbocycles. The second kappa shape index (κ2) is 7.87. The SMILES string of the molecule is Cc1noc([C@H](C)N2CCN(CC(=O)NCc3cccs3)CC2)n1. The number of thiophene rings is 1. The van der Waals surface area contributed by atoms with Crippen LogP contribution in [0, 0.1) is 6.92 Å². The summed E-state index contributed by atoms with van der Waals surface area (Å²) in [6.45, 7) is 8.48. The maximum absolute atomic E-state index is 12.1. The highest BCUT2D eigenvalue weighted by atomic mass is 32.1. The maximum atomic E-state index is 12.1. The molecule has 2 aromatic rings. The molecule has 1 amide bonds. The average molecular weight is 349 g/mol. The minimum atomic E-state index is 0.0809. The van der Waals surface area contributed by atoms with Crippen LogP contribution in [-0.2, 0) is 11.3 Å². The predicted molar refractivity (Wildman–Crippen MR) is 91.6 cm³/mol. The molecule has 3 heterocycles. The van der Waals surface area contributed by atoms with E-state index >= 15 is 0 Å². The second-order valence-corrected chi connectivity index (χ2v) is 7.06. The van der Waals surface area contributed by atoms with Gasteiger partial charge in [-0.3, -0.25) is 14.6 Å². The Morgan fingerprint density at radius 1 is 1.42 bits per heavy atom. The Morgan fingerprint density at radius 2 is 2.21 bits per heavy atom. The van der Waals surface area contributed by atoms with E-state index in [9.17, 15) is 4.79 Å². The lowest BCUT2D eigenvalue weighted by atomic mass is 10.2. The monoisotopic (exact) mass is 349 g/mol. The molecular formula is C16H23N5O2S. The van der Waals surface area contributed by atoms with E-state index in [1.807, 2.05) is 24.4 Å². The Morgan fingerprint density at radius 3 is 2.83 bits per heavy atom. The van der Waals surface area contributed by atoms with Crippen molar-refractivity contribution in [3.05, 3.63) is 34.1 Å². The van der Waals surface area contributed by atoms with Gasteiger partial charge >= 0.3 is 0 Å². The van der Waals surface area contributed by atoms with Crippen LogP contribution in [0.2, 0.25) is 0 Å². The van der Waals surface area contributed by atoms with Crippen LogP contribution in [0.1, 0.15) is 29.6 Å². The number of aryl methyl sites for hydroxylation is 1. The summed E-state index contributed by atoms with van der Waals surface area (Å²) in [4.78, 5) is 22.0. The van der Waals surface area contributed by atoms with Crippen molar-refractivity contribution in [2.75, 3.05) is 32.7 Å². The molecule has 0 unspecified atom stereocenters. The van der Waals surface area contributed by atoms with E-state index in [-0.39, 0.29) is 11.9 Å². The number of nitrogens with zero attached hydrogens (tertiary/aromatic N) is 4. The first kappa shape index (κ1) is 17.1. The third-order valence-electron chi connectivity index (χ3n) is 4.26.